The van der Waals surface area contributed by atoms with Gasteiger partial charge in [0.1, 0.15) is 5.60 Å². The Labute approximate surface area is 171 Å². The third kappa shape index (κ3) is 5.57. The highest BCUT2D eigenvalue weighted by Gasteiger charge is 2.30. The minimum absolute atomic E-state index is 0.202. The summed E-state index contributed by atoms with van der Waals surface area (Å²) in [4.78, 5) is 12.7. The Morgan fingerprint density at radius 1 is 0.862 bits per heavy atom. The van der Waals surface area contributed by atoms with E-state index < -0.39 is 11.7 Å². The monoisotopic (exact) mass is 390 g/mol. The van der Waals surface area contributed by atoms with Crippen LogP contribution in [-0.4, -0.2) is 11.7 Å². The quantitative estimate of drug-likeness (QED) is 0.506. The number of carbonyl (C=O) groups excluding carboxylic acids is 1. The number of hydrogen-bond acceptors (Lipinski definition) is 3. The zero-order chi connectivity index (χ0) is 20.9. The maximum atomic E-state index is 12.7. The maximum absolute atomic E-state index is 12.7. The van der Waals surface area contributed by atoms with Crippen LogP contribution in [0.2, 0.25) is 0 Å². The van der Waals surface area contributed by atoms with Gasteiger partial charge in [0.15, 0.2) is 12.4 Å². The van der Waals surface area contributed by atoms with Gasteiger partial charge in [-0.25, -0.2) is 4.79 Å². The molecule has 0 spiro atoms. The van der Waals surface area contributed by atoms with Crippen LogP contribution in [0.4, 0.5) is 4.79 Å². The summed E-state index contributed by atoms with van der Waals surface area (Å²) >= 11 is 0. The average molecular weight is 390 g/mol. The molecule has 5 heteroatoms. The van der Waals surface area contributed by atoms with Crippen molar-refractivity contribution < 1.29 is 14.3 Å². The first-order chi connectivity index (χ1) is 13.8. The van der Waals surface area contributed by atoms with Crippen molar-refractivity contribution in [3.63, 3.8) is 0 Å². The number of benzene rings is 2. The predicted octanol–water partition coefficient (Wildman–Crippen LogP) is 4.72. The van der Waals surface area contributed by atoms with Crippen LogP contribution in [0.1, 0.15) is 49.4 Å². The van der Waals surface area contributed by atoms with Gasteiger partial charge in [0.05, 0.1) is 6.04 Å². The molecular formula is C24H26N2O3. The number of carbonyl (C=O) groups is 1. The van der Waals surface area contributed by atoms with Crippen molar-refractivity contribution in [2.45, 2.75) is 38.3 Å². The fourth-order valence-electron chi connectivity index (χ4n) is 3.32. The summed E-state index contributed by atoms with van der Waals surface area (Å²) in [5.74, 6) is -0.202. The molecule has 0 aliphatic heterocycles. The molecule has 0 bridgehead atoms. The highest BCUT2D eigenvalue weighted by Crippen LogP contribution is 2.36. The van der Waals surface area contributed by atoms with E-state index in [2.05, 4.69) is 5.32 Å². The van der Waals surface area contributed by atoms with Gasteiger partial charge in [-0.05, 0) is 37.5 Å². The molecule has 0 aliphatic rings. The molecule has 150 valence electrons. The van der Waals surface area contributed by atoms with Gasteiger partial charge in [-0.2, -0.15) is 4.73 Å². The van der Waals surface area contributed by atoms with Crippen LogP contribution in [0, 0.1) is 5.21 Å². The summed E-state index contributed by atoms with van der Waals surface area (Å²) in [5, 5.41) is 14.6. The number of hydrogen-bond donors (Lipinski definition) is 1. The Hall–Kier alpha value is -3.34. The molecule has 2 aromatic carbocycles. The smallest absolute Gasteiger partial charge is 0.408 e. The summed E-state index contributed by atoms with van der Waals surface area (Å²) in [7, 11) is 0. The lowest BCUT2D eigenvalue weighted by Gasteiger charge is -2.30. The Kier molecular flexibility index (Phi) is 6.17. The van der Waals surface area contributed by atoms with E-state index in [9.17, 15) is 10.0 Å². The minimum atomic E-state index is -0.603. The molecule has 2 atom stereocenters. The van der Waals surface area contributed by atoms with Gasteiger partial charge in [0.2, 0.25) is 0 Å². The molecule has 3 rings (SSSR count). The average Bonchev–Trinajstić information content (AvgIpc) is 2.69. The number of rotatable bonds is 5. The Bertz CT molecular complexity index is 920. The number of nitrogens with zero attached hydrogens (tertiary/aromatic N) is 1. The number of aromatic nitrogens is 1. The molecule has 2 unspecified atom stereocenters. The topological polar surface area (TPSA) is 65.3 Å². The molecule has 0 radical (unpaired) electrons. The highest BCUT2D eigenvalue weighted by molar-refractivity contribution is 5.69. The third-order valence-electron chi connectivity index (χ3n) is 4.51. The van der Waals surface area contributed by atoms with Crippen LogP contribution in [-0.2, 0) is 4.74 Å². The second kappa shape index (κ2) is 8.78. The largest absolute Gasteiger partial charge is 0.619 e. The van der Waals surface area contributed by atoms with Crippen LogP contribution in [0.15, 0.2) is 85.2 Å². The molecule has 0 aliphatic carbocycles. The Morgan fingerprint density at radius 2 is 1.34 bits per heavy atom. The van der Waals surface area contributed by atoms with E-state index in [4.69, 9.17) is 4.74 Å². The summed E-state index contributed by atoms with van der Waals surface area (Å²) in [6.07, 6.45) is 2.46. The van der Waals surface area contributed by atoms with E-state index in [0.717, 1.165) is 21.4 Å². The minimum Gasteiger partial charge on any atom is -0.619 e. The lowest BCUT2D eigenvalue weighted by atomic mass is 9.82. The van der Waals surface area contributed by atoms with Gasteiger partial charge in [-0.3, -0.25) is 0 Å². The van der Waals surface area contributed by atoms with Crippen LogP contribution < -0.4 is 10.0 Å². The van der Waals surface area contributed by atoms with E-state index in [0.29, 0.717) is 0 Å². The fraction of sp³-hybridized carbons (Fsp3) is 0.250. The van der Waals surface area contributed by atoms with E-state index in [1.54, 1.807) is 12.1 Å². The van der Waals surface area contributed by atoms with Crippen LogP contribution in [0.25, 0.3) is 0 Å². The van der Waals surface area contributed by atoms with Gasteiger partial charge in [0.25, 0.3) is 0 Å². The van der Waals surface area contributed by atoms with Crippen LogP contribution in [0.5, 0.6) is 0 Å². The zero-order valence-corrected chi connectivity index (χ0v) is 16.9. The van der Waals surface area contributed by atoms with Crippen molar-refractivity contribution in [2.75, 3.05) is 0 Å². The van der Waals surface area contributed by atoms with Crippen molar-refractivity contribution in [1.82, 2.24) is 5.32 Å². The molecule has 1 heterocycles. The number of amides is 1. The van der Waals surface area contributed by atoms with Crippen molar-refractivity contribution in [2.24, 2.45) is 0 Å². The second-order valence-corrected chi connectivity index (χ2v) is 7.91. The summed E-state index contributed by atoms with van der Waals surface area (Å²) < 4.78 is 6.28. The molecule has 1 amide bonds. The molecule has 5 nitrogen and oxygen atoms in total. The summed E-state index contributed by atoms with van der Waals surface area (Å²) in [5.41, 5.74) is 2.30. The molecule has 29 heavy (non-hydrogen) atoms. The first kappa shape index (κ1) is 20.4. The van der Waals surface area contributed by atoms with E-state index in [1.807, 2.05) is 81.4 Å². The Morgan fingerprint density at radius 3 is 1.86 bits per heavy atom. The summed E-state index contributed by atoms with van der Waals surface area (Å²) in [6, 6.07) is 22.9. The molecular weight excluding hydrogens is 364 g/mol. The third-order valence-corrected chi connectivity index (χ3v) is 4.51. The molecule has 0 saturated carbocycles. The molecule has 0 saturated heterocycles. The molecule has 3 aromatic rings. The normalized spacial score (nSPS) is 13.3. The van der Waals surface area contributed by atoms with Gasteiger partial charge in [0, 0.05) is 18.1 Å². The summed E-state index contributed by atoms with van der Waals surface area (Å²) in [6.45, 7) is 5.51. The maximum Gasteiger partial charge on any atom is 0.408 e. The molecule has 1 aromatic heterocycles. The second-order valence-electron chi connectivity index (χ2n) is 7.91. The van der Waals surface area contributed by atoms with Gasteiger partial charge < -0.3 is 15.3 Å². The molecule has 1 N–H and O–H groups in total. The lowest BCUT2D eigenvalue weighted by Crippen LogP contribution is -2.37. The number of alkyl carbamates (subject to hydrolysis) is 1. The van der Waals surface area contributed by atoms with E-state index >= 15 is 0 Å². The van der Waals surface area contributed by atoms with E-state index in [-0.39, 0.29) is 12.0 Å². The zero-order valence-electron chi connectivity index (χ0n) is 16.9. The van der Waals surface area contributed by atoms with Crippen LogP contribution in [0.3, 0.4) is 0 Å². The predicted molar refractivity (Wildman–Crippen MR) is 112 cm³/mol. The number of pyridine rings is 1. The standard InChI is InChI=1S/C24H26N2O3/c1-24(2,3)29-23(27)25-22(20-12-8-5-9-13-20)21(18-10-6-4-7-11-18)19-14-16-26(28)17-15-19/h4-17,21-22H,1-3H3,(H,25,27). The Balaban J connectivity index is 2.07. The lowest BCUT2D eigenvalue weighted by molar-refractivity contribution is -0.605. The SMILES string of the molecule is CC(C)(C)OC(=O)NC(c1ccccc1)C(c1ccccc1)c1cc[n+]([O-])cc1. The first-order valence-corrected chi connectivity index (χ1v) is 9.61. The first-order valence-electron chi connectivity index (χ1n) is 9.61. The van der Waals surface area contributed by atoms with Crippen LogP contribution >= 0.6 is 0 Å². The van der Waals surface area contributed by atoms with Crippen molar-refractivity contribution in [3.8, 4) is 0 Å². The molecule has 0 fully saturated rings. The van der Waals surface area contributed by atoms with Gasteiger partial charge in [-0.15, -0.1) is 0 Å². The number of ether oxygens (including phenoxy) is 1. The van der Waals surface area contributed by atoms with Gasteiger partial charge in [-0.1, -0.05) is 60.7 Å². The highest BCUT2D eigenvalue weighted by atomic mass is 16.6. The van der Waals surface area contributed by atoms with Crippen molar-refractivity contribution in [3.05, 3.63) is 107 Å². The van der Waals surface area contributed by atoms with Crippen molar-refractivity contribution in [1.29, 1.82) is 0 Å². The van der Waals surface area contributed by atoms with E-state index in [1.165, 1.54) is 12.4 Å². The number of nitrogens with one attached hydrogen (secondary N) is 1. The van der Waals surface area contributed by atoms with Gasteiger partial charge >= 0.3 is 6.09 Å². The van der Waals surface area contributed by atoms with Crippen molar-refractivity contribution >= 4 is 6.09 Å². The fourth-order valence-corrected chi connectivity index (χ4v) is 3.32.